The lowest BCUT2D eigenvalue weighted by molar-refractivity contribution is 1.38. The molecule has 0 saturated heterocycles. The molecular formula is C5H3N. The van der Waals surface area contributed by atoms with Gasteiger partial charge in [-0.3, -0.25) is 0 Å². The summed E-state index contributed by atoms with van der Waals surface area (Å²) in [5.41, 5.74) is 2.42. The Balaban J connectivity index is 2.88. The van der Waals surface area contributed by atoms with Crippen LogP contribution in [0.2, 0.25) is 0 Å². The summed E-state index contributed by atoms with van der Waals surface area (Å²) in [4.78, 5) is 2.98. The fourth-order valence-electron chi connectivity index (χ4n) is 0.551. The zero-order valence-electron chi connectivity index (χ0n) is 3.15. The summed E-state index contributed by atoms with van der Waals surface area (Å²) >= 11 is 0. The molecule has 1 aromatic heterocycles. The molecule has 0 fully saturated rings. The van der Waals surface area contributed by atoms with E-state index < -0.39 is 0 Å². The third-order valence-electron chi connectivity index (χ3n) is 0.944. The smallest absolute Gasteiger partial charge is 0.0704 e. The van der Waals surface area contributed by atoms with Gasteiger partial charge in [0.05, 0.1) is 6.42 Å². The van der Waals surface area contributed by atoms with E-state index in [4.69, 9.17) is 0 Å². The van der Waals surface area contributed by atoms with Crippen molar-refractivity contribution in [3.05, 3.63) is 29.9 Å². The molecule has 0 aliphatic heterocycles. The van der Waals surface area contributed by atoms with E-state index in [1.165, 1.54) is 11.3 Å². The van der Waals surface area contributed by atoms with Crippen LogP contribution >= 0.6 is 0 Å². The molecule has 0 spiro atoms. The van der Waals surface area contributed by atoms with Crippen LogP contribution in [0, 0.1) is 6.42 Å². The molecule has 0 aromatic carbocycles. The Kier molecular flexibility index (Phi) is 0.219. The van der Waals surface area contributed by atoms with E-state index in [0.29, 0.717) is 0 Å². The van der Waals surface area contributed by atoms with Crippen LogP contribution in [0.25, 0.3) is 0 Å². The first-order valence-corrected chi connectivity index (χ1v) is 1.91. The van der Waals surface area contributed by atoms with E-state index >= 15 is 0 Å². The molecule has 1 aliphatic carbocycles. The summed E-state index contributed by atoms with van der Waals surface area (Å²) in [6, 6.07) is 2.01. The molecule has 0 amide bonds. The molecule has 2 radical (unpaired) electrons. The van der Waals surface area contributed by atoms with Gasteiger partial charge in [-0.05, 0) is 11.6 Å². The van der Waals surface area contributed by atoms with Crippen molar-refractivity contribution in [3.8, 4) is 0 Å². The predicted octanol–water partition coefficient (Wildman–Crippen LogP) is 0.806. The average Bonchev–Trinajstić information content (AvgIpc) is 2.17. The maximum Gasteiger partial charge on any atom is 0.0704 e. The van der Waals surface area contributed by atoms with Crippen molar-refractivity contribution in [3.63, 3.8) is 0 Å². The third-order valence-corrected chi connectivity index (χ3v) is 0.944. The van der Waals surface area contributed by atoms with Crippen LogP contribution in [0.3, 0.4) is 0 Å². The van der Waals surface area contributed by atoms with E-state index in [0.717, 1.165) is 0 Å². The highest BCUT2D eigenvalue weighted by Gasteiger charge is 2.17. The molecule has 1 nitrogen and oxygen atoms in total. The summed E-state index contributed by atoms with van der Waals surface area (Å²) in [6.07, 6.45) is 4.92. The molecule has 1 aromatic rings. The van der Waals surface area contributed by atoms with Crippen molar-refractivity contribution in [2.45, 2.75) is 0 Å². The van der Waals surface area contributed by atoms with Crippen molar-refractivity contribution < 1.29 is 0 Å². The van der Waals surface area contributed by atoms with Crippen molar-refractivity contribution in [1.29, 1.82) is 0 Å². The molecule has 1 heteroatoms. The Morgan fingerprint density at radius 2 is 2.67 bits per heavy atom. The predicted molar refractivity (Wildman–Crippen MR) is 22.2 cm³/mol. The molecule has 0 atom stereocenters. The molecule has 1 N–H and O–H groups in total. The summed E-state index contributed by atoms with van der Waals surface area (Å²) < 4.78 is 0. The first-order valence-electron chi connectivity index (χ1n) is 1.91. The lowest BCUT2D eigenvalue weighted by Crippen LogP contribution is -1.52. The van der Waals surface area contributed by atoms with Crippen molar-refractivity contribution in [1.82, 2.24) is 4.98 Å². The van der Waals surface area contributed by atoms with E-state index in [1.54, 1.807) is 0 Å². The topological polar surface area (TPSA) is 15.8 Å². The highest BCUT2D eigenvalue weighted by atomic mass is 14.7. The van der Waals surface area contributed by atoms with Crippen molar-refractivity contribution in [2.75, 3.05) is 0 Å². The number of fused-ring (bicyclic) bond motifs is 1. The van der Waals surface area contributed by atoms with E-state index in [2.05, 4.69) is 11.4 Å². The maximum absolute atomic E-state index is 3.00. The second kappa shape index (κ2) is 0.535. The van der Waals surface area contributed by atoms with Gasteiger partial charge in [-0.1, -0.05) is 0 Å². The van der Waals surface area contributed by atoms with E-state index in [9.17, 15) is 0 Å². The van der Waals surface area contributed by atoms with Gasteiger partial charge >= 0.3 is 0 Å². The average molecular weight is 77.1 g/mol. The fraction of sp³-hybridized carbons (Fsp3) is 0. The van der Waals surface area contributed by atoms with E-state index in [-0.39, 0.29) is 0 Å². The van der Waals surface area contributed by atoms with Crippen molar-refractivity contribution >= 4 is 0 Å². The minimum absolute atomic E-state index is 1.18. The van der Waals surface area contributed by atoms with Crippen LogP contribution in [0.5, 0.6) is 0 Å². The van der Waals surface area contributed by atoms with Gasteiger partial charge < -0.3 is 4.98 Å². The standard InChI is InChI=1S/C5H3N/c1-2-6-5-3-4(1)5/h1-2,6H. The molecular weight excluding hydrogens is 74.1 g/mol. The molecule has 0 bridgehead atoms. The second-order valence-electron chi connectivity index (χ2n) is 1.39. The third kappa shape index (κ3) is 0.134. The van der Waals surface area contributed by atoms with Crippen LogP contribution < -0.4 is 0 Å². The van der Waals surface area contributed by atoms with Crippen LogP contribution in [0.15, 0.2) is 12.3 Å². The van der Waals surface area contributed by atoms with Gasteiger partial charge in [0.15, 0.2) is 0 Å². The number of hydrogen-bond acceptors (Lipinski definition) is 0. The first kappa shape index (κ1) is 2.45. The zero-order chi connectivity index (χ0) is 3.98. The molecule has 0 saturated carbocycles. The number of aromatic amines is 1. The summed E-state index contributed by atoms with van der Waals surface area (Å²) in [5, 5.41) is 0. The molecule has 2 rings (SSSR count). The Bertz CT molecular complexity index is 148. The lowest BCUT2D eigenvalue weighted by Gasteiger charge is -1.61. The SMILES string of the molecule is [C]1c2cc[nH]c21. The van der Waals surface area contributed by atoms with Gasteiger partial charge in [0.2, 0.25) is 0 Å². The normalized spacial score (nSPS) is 14.0. The van der Waals surface area contributed by atoms with Gasteiger partial charge in [0, 0.05) is 11.9 Å². The minimum atomic E-state index is 1.18. The quantitative estimate of drug-likeness (QED) is 0.479. The molecule has 6 heavy (non-hydrogen) atoms. The number of rotatable bonds is 0. The van der Waals surface area contributed by atoms with Gasteiger partial charge in [0.1, 0.15) is 0 Å². The molecule has 1 heterocycles. The number of aromatic nitrogens is 1. The monoisotopic (exact) mass is 77.0 g/mol. The van der Waals surface area contributed by atoms with Gasteiger partial charge in [0.25, 0.3) is 0 Å². The van der Waals surface area contributed by atoms with Crippen LogP contribution in [0.4, 0.5) is 0 Å². The minimum Gasteiger partial charge on any atom is -0.364 e. The van der Waals surface area contributed by atoms with E-state index in [1.807, 2.05) is 12.3 Å². The van der Waals surface area contributed by atoms with Crippen LogP contribution in [0.1, 0.15) is 11.3 Å². The lowest BCUT2D eigenvalue weighted by atomic mass is 10.6. The highest BCUT2D eigenvalue weighted by Crippen LogP contribution is 2.27. The van der Waals surface area contributed by atoms with Gasteiger partial charge in [-0.25, -0.2) is 0 Å². The summed E-state index contributed by atoms with van der Waals surface area (Å²) in [5.74, 6) is 0. The zero-order valence-corrected chi connectivity index (χ0v) is 3.15. The van der Waals surface area contributed by atoms with Crippen LogP contribution in [-0.4, -0.2) is 4.98 Å². The molecule has 0 unspecified atom stereocenters. The Morgan fingerprint density at radius 3 is 2.83 bits per heavy atom. The number of hydrogen-bond donors (Lipinski definition) is 1. The Morgan fingerprint density at radius 1 is 1.67 bits per heavy atom. The number of H-pyrrole nitrogens is 1. The molecule has 28 valence electrons. The second-order valence-corrected chi connectivity index (χ2v) is 1.39. The first-order chi connectivity index (χ1) is 2.97. The number of nitrogens with one attached hydrogen (secondary N) is 1. The van der Waals surface area contributed by atoms with Gasteiger partial charge in [-0.15, -0.1) is 0 Å². The summed E-state index contributed by atoms with van der Waals surface area (Å²) in [7, 11) is 0. The fourth-order valence-corrected chi connectivity index (χ4v) is 0.551. The maximum atomic E-state index is 3.00. The van der Waals surface area contributed by atoms with Crippen molar-refractivity contribution in [2.24, 2.45) is 0 Å². The summed E-state index contributed by atoms with van der Waals surface area (Å²) in [6.45, 7) is 0. The van der Waals surface area contributed by atoms with Crippen LogP contribution in [-0.2, 0) is 0 Å². The van der Waals surface area contributed by atoms with Gasteiger partial charge in [-0.2, -0.15) is 0 Å². The highest BCUT2D eigenvalue weighted by molar-refractivity contribution is 5.53. The Hall–Kier alpha value is -0.720. The Labute approximate surface area is 36.0 Å². The molecule has 1 aliphatic rings. The largest absolute Gasteiger partial charge is 0.364 e.